The van der Waals surface area contributed by atoms with Gasteiger partial charge in [0.15, 0.2) is 5.69 Å². The van der Waals surface area contributed by atoms with E-state index in [-0.39, 0.29) is 17.0 Å². The predicted octanol–water partition coefficient (Wildman–Crippen LogP) is 2.75. The van der Waals surface area contributed by atoms with Gasteiger partial charge >= 0.3 is 0 Å². The highest BCUT2D eigenvalue weighted by molar-refractivity contribution is 7.98. The molecule has 1 N–H and O–H groups in total. The molecule has 27 heavy (non-hydrogen) atoms. The molecule has 0 aliphatic carbocycles. The van der Waals surface area contributed by atoms with E-state index in [1.165, 1.54) is 13.3 Å². The van der Waals surface area contributed by atoms with Crippen molar-refractivity contribution in [3.8, 4) is 0 Å². The number of benzene rings is 1. The first kappa shape index (κ1) is 18.8. The number of carbonyl (C=O) groups is 1. The number of fused-ring (bicyclic) bond motifs is 1. The van der Waals surface area contributed by atoms with Crippen molar-refractivity contribution in [2.75, 3.05) is 0 Å². The molecule has 2 aromatic heterocycles. The van der Waals surface area contributed by atoms with E-state index in [2.05, 4.69) is 15.6 Å². The van der Waals surface area contributed by atoms with Crippen molar-refractivity contribution in [3.63, 3.8) is 0 Å². The fraction of sp³-hybridized carbons (Fsp3) is 0.176. The molecule has 7 nitrogen and oxygen atoms in total. The number of carbonyl (C=O) groups excluding carboxylic acids is 1. The van der Waals surface area contributed by atoms with Crippen LogP contribution < -0.4 is 11.0 Å². The summed E-state index contributed by atoms with van der Waals surface area (Å²) in [6, 6.07) is 9.75. The van der Waals surface area contributed by atoms with E-state index in [4.69, 9.17) is 4.42 Å². The van der Waals surface area contributed by atoms with Gasteiger partial charge in [0, 0.05) is 12.4 Å². The molecule has 0 saturated heterocycles. The Morgan fingerprint density at radius 2 is 2.07 bits per heavy atom. The summed E-state index contributed by atoms with van der Waals surface area (Å²) in [6.07, 6.45) is 1.25. The largest absolute Gasteiger partial charge is 0.459 e. The maximum atomic E-state index is 12.4. The molecule has 0 aliphatic rings. The first-order valence-corrected chi connectivity index (χ1v) is 8.78. The minimum absolute atomic E-state index is 0.0336. The number of thioether (sulfide) groups is 1. The second kappa shape index (κ2) is 8.12. The molecule has 2 heterocycles. The van der Waals surface area contributed by atoms with Crippen LogP contribution in [0.5, 0.6) is 0 Å². The van der Waals surface area contributed by atoms with E-state index in [1.54, 1.807) is 36.4 Å². The number of aromatic nitrogens is 2. The highest BCUT2D eigenvalue weighted by Gasteiger charge is 2.15. The smallest absolute Gasteiger partial charge is 0.292 e. The Hall–Kier alpha value is -3.01. The number of nitrogens with one attached hydrogen (secondary N) is 1. The third kappa shape index (κ3) is 4.40. The van der Waals surface area contributed by atoms with Crippen LogP contribution in [0.15, 0.2) is 50.7 Å². The monoisotopic (exact) mass is 392 g/mol. The number of amides is 1. The molecule has 0 aliphatic heterocycles. The molecule has 0 fully saturated rings. The van der Waals surface area contributed by atoms with Gasteiger partial charge in [-0.3, -0.25) is 9.59 Å². The van der Waals surface area contributed by atoms with Crippen molar-refractivity contribution in [2.24, 2.45) is 12.1 Å². The van der Waals surface area contributed by atoms with Crippen molar-refractivity contribution < 1.29 is 18.0 Å². The first-order valence-electron chi connectivity index (χ1n) is 7.73. The lowest BCUT2D eigenvalue weighted by molar-refractivity contribution is 0.0950. The molecular formula is C17H14F2N4O3S. The molecule has 3 rings (SSSR count). The molecule has 1 amide bonds. The molecule has 0 radical (unpaired) electrons. The van der Waals surface area contributed by atoms with Gasteiger partial charge in [-0.05, 0) is 18.2 Å². The van der Waals surface area contributed by atoms with Crippen molar-refractivity contribution in [1.29, 1.82) is 0 Å². The Balaban J connectivity index is 1.73. The molecular weight excluding hydrogens is 378 g/mol. The fourth-order valence-corrected chi connectivity index (χ4v) is 2.81. The summed E-state index contributed by atoms with van der Waals surface area (Å²) in [6.45, 7) is 0. The van der Waals surface area contributed by atoms with Crippen LogP contribution in [0.25, 0.3) is 10.8 Å². The van der Waals surface area contributed by atoms with Crippen molar-refractivity contribution in [3.05, 3.63) is 64.0 Å². The summed E-state index contributed by atoms with van der Waals surface area (Å²) in [5, 5.41) is 8.56. The van der Waals surface area contributed by atoms with Crippen LogP contribution in [-0.2, 0) is 12.8 Å². The van der Waals surface area contributed by atoms with Gasteiger partial charge in [0.1, 0.15) is 11.5 Å². The predicted molar refractivity (Wildman–Crippen MR) is 98.1 cm³/mol. The summed E-state index contributed by atoms with van der Waals surface area (Å²) >= 11 is 0.450. The lowest BCUT2D eigenvalue weighted by atomic mass is 10.1. The number of hydrogen-bond acceptors (Lipinski definition) is 6. The number of rotatable bonds is 6. The molecule has 0 atom stereocenters. The van der Waals surface area contributed by atoms with Crippen LogP contribution in [0.3, 0.4) is 0 Å². The summed E-state index contributed by atoms with van der Waals surface area (Å²) in [5.41, 5.74) is 2.06. The molecule has 0 saturated carbocycles. The average molecular weight is 392 g/mol. The molecule has 0 bridgehead atoms. The Morgan fingerprint density at radius 3 is 2.81 bits per heavy atom. The zero-order chi connectivity index (χ0) is 19.4. The second-order valence-corrected chi connectivity index (χ2v) is 6.38. The van der Waals surface area contributed by atoms with E-state index in [0.717, 1.165) is 4.68 Å². The quantitative estimate of drug-likeness (QED) is 0.515. The van der Waals surface area contributed by atoms with E-state index in [1.807, 2.05) is 0 Å². The number of hydrogen-bond donors (Lipinski definition) is 1. The van der Waals surface area contributed by atoms with Gasteiger partial charge in [0.25, 0.3) is 17.2 Å². The van der Waals surface area contributed by atoms with E-state index < -0.39 is 11.7 Å². The zero-order valence-electron chi connectivity index (χ0n) is 14.1. The molecule has 10 heteroatoms. The van der Waals surface area contributed by atoms with E-state index >= 15 is 0 Å². The van der Waals surface area contributed by atoms with Crippen molar-refractivity contribution in [2.45, 2.75) is 11.5 Å². The molecule has 0 unspecified atom stereocenters. The maximum absolute atomic E-state index is 12.4. The summed E-state index contributed by atoms with van der Waals surface area (Å²) in [7, 11) is 1.45. The van der Waals surface area contributed by atoms with Crippen LogP contribution in [-0.4, -0.2) is 27.7 Å². The van der Waals surface area contributed by atoms with E-state index in [0.29, 0.717) is 34.1 Å². The standard InChI is InChI=1S/C17H14F2N4O3S/c1-23-16(25)13-5-3-2-4-12(13)14(22-23)15(24)21-20-8-10-6-7-11(26-10)9-27-17(18)19/h2-8,17H,9H2,1H3,(H,21,24)/b20-8-. The molecule has 0 spiro atoms. The summed E-state index contributed by atoms with van der Waals surface area (Å²) in [4.78, 5) is 24.5. The number of halogens is 2. The van der Waals surface area contributed by atoms with Gasteiger partial charge in [-0.15, -0.1) is 0 Å². The van der Waals surface area contributed by atoms with Crippen LogP contribution >= 0.6 is 11.8 Å². The average Bonchev–Trinajstić information content (AvgIpc) is 3.10. The van der Waals surface area contributed by atoms with Crippen LogP contribution in [0.1, 0.15) is 22.0 Å². The highest BCUT2D eigenvalue weighted by Crippen LogP contribution is 2.20. The Bertz CT molecular complexity index is 1060. The van der Waals surface area contributed by atoms with Crippen molar-refractivity contribution >= 4 is 34.7 Å². The molecule has 140 valence electrons. The minimum Gasteiger partial charge on any atom is -0.459 e. The third-order valence-electron chi connectivity index (χ3n) is 3.56. The van der Waals surface area contributed by atoms with Gasteiger partial charge in [-0.25, -0.2) is 10.1 Å². The number of alkyl halides is 2. The van der Waals surface area contributed by atoms with Crippen molar-refractivity contribution in [1.82, 2.24) is 15.2 Å². The number of aryl methyl sites for hydroxylation is 1. The topological polar surface area (TPSA) is 89.5 Å². The zero-order valence-corrected chi connectivity index (χ0v) is 14.9. The van der Waals surface area contributed by atoms with Crippen LogP contribution in [0.2, 0.25) is 0 Å². The lowest BCUT2D eigenvalue weighted by Crippen LogP contribution is -2.27. The highest BCUT2D eigenvalue weighted by atomic mass is 32.2. The third-order valence-corrected chi connectivity index (χ3v) is 4.27. The van der Waals surface area contributed by atoms with Crippen LogP contribution in [0, 0.1) is 0 Å². The van der Waals surface area contributed by atoms with Gasteiger partial charge in [0.2, 0.25) is 0 Å². The maximum Gasteiger partial charge on any atom is 0.292 e. The van der Waals surface area contributed by atoms with Gasteiger partial charge in [0.05, 0.1) is 17.4 Å². The fourth-order valence-electron chi connectivity index (χ4n) is 2.36. The number of furan rings is 1. The van der Waals surface area contributed by atoms with Gasteiger partial charge in [-0.1, -0.05) is 30.0 Å². The number of nitrogens with zero attached hydrogens (tertiary/aromatic N) is 3. The van der Waals surface area contributed by atoms with Gasteiger partial charge in [-0.2, -0.15) is 19.0 Å². The molecule has 3 aromatic rings. The second-order valence-electron chi connectivity index (χ2n) is 5.40. The normalized spacial score (nSPS) is 11.6. The summed E-state index contributed by atoms with van der Waals surface area (Å²) < 4.78 is 30.7. The Morgan fingerprint density at radius 1 is 1.33 bits per heavy atom. The van der Waals surface area contributed by atoms with E-state index in [9.17, 15) is 18.4 Å². The summed E-state index contributed by atoms with van der Waals surface area (Å²) in [5.74, 6) is -2.36. The minimum atomic E-state index is -2.48. The van der Waals surface area contributed by atoms with Crippen LogP contribution in [0.4, 0.5) is 8.78 Å². The first-order chi connectivity index (χ1) is 13.0. The number of hydrazone groups is 1. The Kier molecular flexibility index (Phi) is 5.65. The lowest BCUT2D eigenvalue weighted by Gasteiger charge is -2.06. The Labute approximate surface area is 156 Å². The molecule has 1 aromatic carbocycles. The van der Waals surface area contributed by atoms with Gasteiger partial charge < -0.3 is 4.42 Å². The SMILES string of the molecule is Cn1nc(C(=O)N/N=C\c2ccc(CSC(F)F)o2)c2ccccc2c1=O.